The summed E-state index contributed by atoms with van der Waals surface area (Å²) in [7, 11) is -9.08. The lowest BCUT2D eigenvalue weighted by Crippen LogP contribution is -2.31. The first-order valence-corrected chi connectivity index (χ1v) is 27.5. The zero-order chi connectivity index (χ0) is 51.8. The second-order valence-corrected chi connectivity index (χ2v) is 22.6. The summed E-state index contributed by atoms with van der Waals surface area (Å²) in [5.74, 6) is 2.15. The molecule has 0 radical (unpaired) electrons. The van der Waals surface area contributed by atoms with Crippen LogP contribution in [0.25, 0.3) is 24.3 Å². The van der Waals surface area contributed by atoms with Crippen LogP contribution >= 0.6 is 0 Å². The monoisotopic (exact) mass is 1020 g/mol. The Balaban J connectivity index is 0.908. The lowest BCUT2D eigenvalue weighted by Gasteiger charge is -2.40. The van der Waals surface area contributed by atoms with E-state index in [9.17, 15) is 25.9 Å². The minimum Gasteiger partial charge on any atom is -0.456 e. The highest BCUT2D eigenvalue weighted by Crippen LogP contribution is 2.49. The van der Waals surface area contributed by atoms with Crippen molar-refractivity contribution in [2.75, 3.05) is 10.6 Å². The fourth-order valence-corrected chi connectivity index (χ4v) is 12.9. The van der Waals surface area contributed by atoms with E-state index in [0.717, 1.165) is 81.1 Å². The van der Waals surface area contributed by atoms with Crippen LogP contribution in [0.4, 0.5) is 22.7 Å². The van der Waals surface area contributed by atoms with Gasteiger partial charge in [-0.25, -0.2) is 0 Å². The molecule has 0 aromatic heterocycles. The van der Waals surface area contributed by atoms with E-state index in [1.165, 1.54) is 29.7 Å². The Morgan fingerprint density at radius 1 is 0.459 bits per heavy atom. The van der Waals surface area contributed by atoms with E-state index in [4.69, 9.17) is 9.47 Å². The first-order valence-electron chi connectivity index (χ1n) is 24.6. The molecule has 1 fully saturated rings. The molecular formula is C62H54N2O8S2. The van der Waals surface area contributed by atoms with Gasteiger partial charge < -0.3 is 20.1 Å². The van der Waals surface area contributed by atoms with Gasteiger partial charge in [0.1, 0.15) is 32.8 Å². The third kappa shape index (κ3) is 8.67. The molecule has 10 nitrogen and oxygen atoms in total. The number of fused-ring (bicyclic) bond motifs is 4. The Bertz CT molecular complexity index is 3850. The second kappa shape index (κ2) is 18.3. The first kappa shape index (κ1) is 48.5. The highest BCUT2D eigenvalue weighted by molar-refractivity contribution is 7.86. The zero-order valence-electron chi connectivity index (χ0n) is 41.5. The topological polar surface area (TPSA) is 151 Å². The Morgan fingerprint density at radius 3 is 1.24 bits per heavy atom. The van der Waals surface area contributed by atoms with Crippen LogP contribution in [0.3, 0.4) is 0 Å². The molecule has 372 valence electrons. The summed E-state index contributed by atoms with van der Waals surface area (Å²) < 4.78 is 84.1. The fraction of sp³-hybridized carbons (Fsp3) is 0.161. The predicted molar refractivity (Wildman–Crippen MR) is 293 cm³/mol. The number of aryl methyl sites for hydroxylation is 4. The van der Waals surface area contributed by atoms with Crippen LogP contribution in [-0.4, -0.2) is 25.9 Å². The third-order valence-corrected chi connectivity index (χ3v) is 16.7. The molecule has 74 heavy (non-hydrogen) atoms. The van der Waals surface area contributed by atoms with E-state index in [1.807, 2.05) is 72.8 Å². The molecule has 0 spiro atoms. The fourth-order valence-electron chi connectivity index (χ4n) is 11.5. The average Bonchev–Trinajstić information content (AvgIpc) is 3.36. The van der Waals surface area contributed by atoms with Gasteiger partial charge in [0.25, 0.3) is 20.2 Å². The molecule has 8 aromatic rings. The van der Waals surface area contributed by atoms with Gasteiger partial charge in [-0.3, -0.25) is 9.11 Å². The number of nitrogens with one attached hydrogen (secondary N) is 2. The average molecular weight is 1020 g/mol. The van der Waals surface area contributed by atoms with Gasteiger partial charge in [0.05, 0.1) is 0 Å². The highest BCUT2D eigenvalue weighted by atomic mass is 32.2. The maximum Gasteiger partial charge on any atom is 0.295 e. The minimum absolute atomic E-state index is 0.183. The van der Waals surface area contributed by atoms with Crippen molar-refractivity contribution in [2.45, 2.75) is 75.0 Å². The smallest absolute Gasteiger partial charge is 0.295 e. The Labute approximate surface area is 431 Å². The molecule has 0 amide bonds. The molecule has 4 N–H and O–H groups in total. The van der Waals surface area contributed by atoms with Crippen LogP contribution in [0, 0.1) is 27.7 Å². The zero-order valence-corrected chi connectivity index (χ0v) is 43.1. The van der Waals surface area contributed by atoms with Crippen molar-refractivity contribution in [3.8, 4) is 23.0 Å². The van der Waals surface area contributed by atoms with Crippen molar-refractivity contribution >= 4 is 67.3 Å². The molecule has 3 aliphatic rings. The van der Waals surface area contributed by atoms with Gasteiger partial charge in [-0.1, -0.05) is 117 Å². The number of hydrogen-bond donors (Lipinski definition) is 4. The van der Waals surface area contributed by atoms with Gasteiger partial charge in [0.2, 0.25) is 0 Å². The lowest BCUT2D eigenvalue weighted by atomic mass is 9.64. The largest absolute Gasteiger partial charge is 0.456 e. The SMILES string of the molecule is C=c1ccc2c(c1)Oc1cc(Nc3c(C)cc(C4(c5cc(C)c(Nc6ccc7c(c6)Oc6cc(=C)ccc6=C7c6ccccc6S(=O)(=O)O)c(C)c5)CCCCC4)cc3C)ccc1C=2c1ccccc1S(=O)(=O)O. The standard InChI is InChI=1S/C62H54N2O8S2/c1-36-18-22-46-52(28-36)71-54-34-44(20-24-48(54)58(46)50-14-8-10-16-56(50)73(65,66)67)63-60-38(3)30-42(31-39(60)4)62(26-12-7-13-27-62)43-32-40(5)61(41(6)33-43)64-45-21-25-49-55(35-45)72-53-29-37(2)19-23-47(53)59(49)51-15-9-11-17-57(51)74(68,69)70/h8-11,14-25,28-35,63-64H,1-2,7,12-13,26-27H2,3-6H3,(H,65,66,67)(H,68,69,70). The third-order valence-electron chi connectivity index (χ3n) is 14.9. The summed E-state index contributed by atoms with van der Waals surface area (Å²) in [4.78, 5) is -0.366. The van der Waals surface area contributed by atoms with Crippen molar-refractivity contribution in [3.05, 3.63) is 222 Å². The van der Waals surface area contributed by atoms with Crippen LogP contribution in [-0.2, 0) is 25.7 Å². The van der Waals surface area contributed by atoms with Crippen LogP contribution in [0.1, 0.15) is 87.7 Å². The molecule has 0 atom stereocenters. The van der Waals surface area contributed by atoms with E-state index < -0.39 is 20.2 Å². The molecule has 11 rings (SSSR count). The predicted octanol–water partition coefficient (Wildman–Crippen LogP) is 11.7. The molecule has 0 unspecified atom stereocenters. The van der Waals surface area contributed by atoms with Gasteiger partial charge in [-0.2, -0.15) is 16.8 Å². The summed E-state index contributed by atoms with van der Waals surface area (Å²) in [5.41, 5.74) is 13.7. The normalized spacial score (nSPS) is 14.7. The van der Waals surface area contributed by atoms with Crippen molar-refractivity contribution in [3.63, 3.8) is 0 Å². The Kier molecular flexibility index (Phi) is 12.0. The van der Waals surface area contributed by atoms with Crippen molar-refractivity contribution in [2.24, 2.45) is 0 Å². The van der Waals surface area contributed by atoms with E-state index in [2.05, 4.69) is 75.8 Å². The maximum atomic E-state index is 12.6. The molecule has 0 bridgehead atoms. The quantitative estimate of drug-likeness (QED) is 0.0975. The number of rotatable bonds is 10. The number of benzene rings is 8. The van der Waals surface area contributed by atoms with Crippen molar-refractivity contribution in [1.29, 1.82) is 0 Å². The second-order valence-electron chi connectivity index (χ2n) is 19.8. The number of ether oxygens (including phenoxy) is 2. The summed E-state index contributed by atoms with van der Waals surface area (Å²) in [6.45, 7) is 16.8. The van der Waals surface area contributed by atoms with Crippen molar-refractivity contribution in [1.82, 2.24) is 0 Å². The van der Waals surface area contributed by atoms with Crippen LogP contribution < -0.4 is 41.0 Å². The molecule has 2 aliphatic heterocycles. The summed E-state index contributed by atoms with van der Waals surface area (Å²) in [6, 6.07) is 45.0. The molecular weight excluding hydrogens is 965 g/mol. The lowest BCUT2D eigenvalue weighted by molar-refractivity contribution is 0.345. The van der Waals surface area contributed by atoms with Gasteiger partial charge in [0, 0.05) is 84.1 Å². The van der Waals surface area contributed by atoms with Crippen molar-refractivity contribution < 1.29 is 35.4 Å². The number of hydrogen-bond acceptors (Lipinski definition) is 8. The molecule has 1 aliphatic carbocycles. The molecule has 12 heteroatoms. The highest BCUT2D eigenvalue weighted by Gasteiger charge is 2.37. The van der Waals surface area contributed by atoms with Crippen LogP contribution in [0.15, 0.2) is 155 Å². The summed E-state index contributed by atoms with van der Waals surface area (Å²) in [5, 5.41) is 10.3. The maximum absolute atomic E-state index is 12.6. The minimum atomic E-state index is -4.54. The van der Waals surface area contributed by atoms with Gasteiger partial charge >= 0.3 is 0 Å². The molecule has 1 saturated carbocycles. The van der Waals surface area contributed by atoms with E-state index in [1.54, 1.807) is 36.4 Å². The van der Waals surface area contributed by atoms with Gasteiger partial charge in [-0.05, 0) is 133 Å². The summed E-state index contributed by atoms with van der Waals surface area (Å²) >= 11 is 0. The van der Waals surface area contributed by atoms with Gasteiger partial charge in [-0.15, -0.1) is 0 Å². The van der Waals surface area contributed by atoms with Crippen LogP contribution in [0.2, 0.25) is 0 Å². The molecule has 0 saturated heterocycles. The van der Waals surface area contributed by atoms with E-state index in [-0.39, 0.29) is 15.2 Å². The van der Waals surface area contributed by atoms with E-state index >= 15 is 0 Å². The molecule has 8 aromatic carbocycles. The van der Waals surface area contributed by atoms with E-state index in [0.29, 0.717) is 66.8 Å². The molecule has 2 heterocycles. The number of anilines is 4. The Hall–Kier alpha value is -7.74. The Morgan fingerprint density at radius 2 is 0.851 bits per heavy atom. The first-order chi connectivity index (χ1) is 35.4. The van der Waals surface area contributed by atoms with Crippen LogP contribution in [0.5, 0.6) is 23.0 Å². The summed E-state index contributed by atoms with van der Waals surface area (Å²) in [6.07, 6.45) is 5.43. The van der Waals surface area contributed by atoms with Gasteiger partial charge in [0.15, 0.2) is 0 Å².